The quantitative estimate of drug-likeness (QED) is 0.530. The van der Waals surface area contributed by atoms with Crippen molar-refractivity contribution in [3.8, 4) is 5.75 Å². The summed E-state index contributed by atoms with van der Waals surface area (Å²) in [6, 6.07) is 22.3. The summed E-state index contributed by atoms with van der Waals surface area (Å²) in [4.78, 5) is 28.2. The molecule has 5 nitrogen and oxygen atoms in total. The smallest absolute Gasteiger partial charge is 0.282 e. The molecule has 3 aromatic rings. The second-order valence-corrected chi connectivity index (χ2v) is 8.17. The Balaban J connectivity index is 1.76. The largest absolute Gasteiger partial charge is 0.491 e. The van der Waals surface area contributed by atoms with Crippen LogP contribution in [-0.2, 0) is 9.59 Å². The van der Waals surface area contributed by atoms with E-state index < -0.39 is 0 Å². The van der Waals surface area contributed by atoms with E-state index in [0.717, 1.165) is 16.8 Å². The summed E-state index contributed by atoms with van der Waals surface area (Å²) in [5, 5.41) is 3.26. The summed E-state index contributed by atoms with van der Waals surface area (Å²) < 4.78 is 5.69. The van der Waals surface area contributed by atoms with Gasteiger partial charge in [0.05, 0.1) is 17.4 Å². The van der Waals surface area contributed by atoms with Crippen LogP contribution in [0.4, 0.5) is 11.4 Å². The number of hydrogen-bond donors (Lipinski definition) is 1. The molecule has 0 saturated carbocycles. The zero-order chi connectivity index (χ0) is 22.8. The lowest BCUT2D eigenvalue weighted by Gasteiger charge is -2.17. The number of ether oxygens (including phenoxy) is 1. The zero-order valence-corrected chi connectivity index (χ0v) is 18.7. The Morgan fingerprint density at radius 1 is 0.844 bits per heavy atom. The number of carbonyl (C=O) groups is 2. The summed E-state index contributed by atoms with van der Waals surface area (Å²) in [5.74, 6) is -0.0494. The molecule has 0 radical (unpaired) electrons. The molecule has 4 rings (SSSR count). The highest BCUT2D eigenvalue weighted by Gasteiger charge is 2.40. The van der Waals surface area contributed by atoms with Gasteiger partial charge in [0, 0.05) is 5.69 Å². The number of benzene rings is 3. The highest BCUT2D eigenvalue weighted by molar-refractivity contribution is 6.46. The van der Waals surface area contributed by atoms with Crippen molar-refractivity contribution >= 4 is 28.8 Å². The van der Waals surface area contributed by atoms with Crippen molar-refractivity contribution in [3.05, 3.63) is 95.2 Å². The van der Waals surface area contributed by atoms with Crippen molar-refractivity contribution < 1.29 is 14.3 Å². The predicted molar refractivity (Wildman–Crippen MR) is 128 cm³/mol. The minimum absolute atomic E-state index is 0.0376. The van der Waals surface area contributed by atoms with E-state index in [1.165, 1.54) is 4.90 Å². The Hall–Kier alpha value is -3.86. The number of rotatable bonds is 6. The van der Waals surface area contributed by atoms with Gasteiger partial charge in [-0.15, -0.1) is 0 Å². The van der Waals surface area contributed by atoms with Crippen LogP contribution in [-0.4, -0.2) is 17.9 Å². The van der Waals surface area contributed by atoms with Gasteiger partial charge in [-0.2, -0.15) is 0 Å². The molecule has 0 atom stereocenters. The molecule has 0 bridgehead atoms. The van der Waals surface area contributed by atoms with Crippen LogP contribution in [0.15, 0.2) is 78.5 Å². The summed E-state index contributed by atoms with van der Waals surface area (Å²) in [6.07, 6.45) is 0.0376. The first-order chi connectivity index (χ1) is 15.3. The second-order valence-electron chi connectivity index (χ2n) is 8.17. The molecule has 2 amide bonds. The molecule has 0 fully saturated rings. The molecule has 0 spiro atoms. The summed E-state index contributed by atoms with van der Waals surface area (Å²) in [6.45, 7) is 7.86. The van der Waals surface area contributed by atoms with Crippen molar-refractivity contribution in [2.75, 3.05) is 10.2 Å². The minimum Gasteiger partial charge on any atom is -0.491 e. The van der Waals surface area contributed by atoms with E-state index in [1.54, 1.807) is 24.3 Å². The number of imide groups is 1. The Morgan fingerprint density at radius 3 is 2.19 bits per heavy atom. The predicted octanol–water partition coefficient (Wildman–Crippen LogP) is 5.49. The van der Waals surface area contributed by atoms with Crippen LogP contribution in [0.5, 0.6) is 5.75 Å². The molecule has 5 heteroatoms. The normalized spacial score (nSPS) is 13.8. The van der Waals surface area contributed by atoms with Gasteiger partial charge in [-0.05, 0) is 74.7 Å². The molecule has 3 aromatic carbocycles. The Kier molecular flexibility index (Phi) is 5.82. The van der Waals surface area contributed by atoms with Crippen molar-refractivity contribution in [1.82, 2.24) is 0 Å². The SMILES string of the molecule is Cc1ccc(C)c(NC2=C(c3ccccc3)C(=O)N(c3ccc(OC(C)C)cc3)C2=O)c1. The minimum atomic E-state index is -0.382. The van der Waals surface area contributed by atoms with Gasteiger partial charge < -0.3 is 10.1 Å². The highest BCUT2D eigenvalue weighted by atomic mass is 16.5. The van der Waals surface area contributed by atoms with Crippen LogP contribution in [0, 0.1) is 13.8 Å². The van der Waals surface area contributed by atoms with Gasteiger partial charge in [0.25, 0.3) is 11.8 Å². The summed E-state index contributed by atoms with van der Waals surface area (Å²) >= 11 is 0. The molecule has 1 aliphatic heterocycles. The van der Waals surface area contributed by atoms with Gasteiger partial charge in [-0.3, -0.25) is 9.59 Å². The molecule has 0 aliphatic carbocycles. The van der Waals surface area contributed by atoms with Crippen molar-refractivity contribution in [2.24, 2.45) is 0 Å². The third-order valence-electron chi connectivity index (χ3n) is 5.27. The number of carbonyl (C=O) groups excluding carboxylic acids is 2. The van der Waals surface area contributed by atoms with Crippen LogP contribution in [0.3, 0.4) is 0 Å². The van der Waals surface area contributed by atoms with Crippen molar-refractivity contribution in [2.45, 2.75) is 33.8 Å². The standard InChI is InChI=1S/C27H26N2O3/c1-17(2)32-22-14-12-21(13-15-22)29-26(30)24(20-8-6-5-7-9-20)25(27(29)31)28-23-16-18(3)10-11-19(23)4/h5-17,28H,1-4H3. The number of nitrogens with zero attached hydrogens (tertiary/aromatic N) is 1. The van der Waals surface area contributed by atoms with Gasteiger partial charge in [-0.25, -0.2) is 4.90 Å². The monoisotopic (exact) mass is 426 g/mol. The van der Waals surface area contributed by atoms with Gasteiger partial charge in [-0.1, -0.05) is 42.5 Å². The molecule has 0 aromatic heterocycles. The Labute approximate surface area is 188 Å². The van der Waals surface area contributed by atoms with Crippen molar-refractivity contribution in [3.63, 3.8) is 0 Å². The third-order valence-corrected chi connectivity index (χ3v) is 5.27. The maximum absolute atomic E-state index is 13.5. The average molecular weight is 427 g/mol. The van der Waals surface area contributed by atoms with E-state index >= 15 is 0 Å². The molecular weight excluding hydrogens is 400 g/mol. The van der Waals surface area contributed by atoms with E-state index in [-0.39, 0.29) is 23.6 Å². The topological polar surface area (TPSA) is 58.6 Å². The van der Waals surface area contributed by atoms with Gasteiger partial charge in [0.15, 0.2) is 0 Å². The number of amides is 2. The molecule has 32 heavy (non-hydrogen) atoms. The van der Waals surface area contributed by atoms with Crippen LogP contribution in [0.1, 0.15) is 30.5 Å². The Morgan fingerprint density at radius 2 is 1.53 bits per heavy atom. The van der Waals surface area contributed by atoms with E-state index in [0.29, 0.717) is 22.6 Å². The maximum atomic E-state index is 13.5. The molecule has 0 unspecified atom stereocenters. The zero-order valence-electron chi connectivity index (χ0n) is 18.7. The molecule has 1 N–H and O–H groups in total. The van der Waals surface area contributed by atoms with Crippen LogP contribution < -0.4 is 15.0 Å². The van der Waals surface area contributed by atoms with Crippen LogP contribution >= 0.6 is 0 Å². The number of anilines is 2. The lowest BCUT2D eigenvalue weighted by atomic mass is 10.0. The Bertz CT molecular complexity index is 1200. The first-order valence-corrected chi connectivity index (χ1v) is 10.6. The van der Waals surface area contributed by atoms with Crippen LogP contribution in [0.2, 0.25) is 0 Å². The fraction of sp³-hybridized carbons (Fsp3) is 0.185. The average Bonchev–Trinajstić information content (AvgIpc) is 3.01. The number of aryl methyl sites for hydroxylation is 2. The molecular formula is C27H26N2O3. The first-order valence-electron chi connectivity index (χ1n) is 10.6. The third kappa shape index (κ3) is 4.14. The maximum Gasteiger partial charge on any atom is 0.282 e. The highest BCUT2D eigenvalue weighted by Crippen LogP contribution is 2.35. The second kappa shape index (κ2) is 8.71. The fourth-order valence-corrected chi connectivity index (χ4v) is 3.70. The van der Waals surface area contributed by atoms with Gasteiger partial charge in [0.1, 0.15) is 11.4 Å². The van der Waals surface area contributed by atoms with E-state index in [1.807, 2.05) is 76.2 Å². The summed E-state index contributed by atoms with van der Waals surface area (Å²) in [5.41, 5.74) is 4.69. The first kappa shape index (κ1) is 21.4. The number of hydrogen-bond acceptors (Lipinski definition) is 4. The summed E-state index contributed by atoms with van der Waals surface area (Å²) in [7, 11) is 0. The lowest BCUT2D eigenvalue weighted by molar-refractivity contribution is -0.120. The fourth-order valence-electron chi connectivity index (χ4n) is 3.70. The van der Waals surface area contributed by atoms with Crippen molar-refractivity contribution in [1.29, 1.82) is 0 Å². The van der Waals surface area contributed by atoms with Gasteiger partial charge in [0.2, 0.25) is 0 Å². The molecule has 162 valence electrons. The van der Waals surface area contributed by atoms with E-state index in [2.05, 4.69) is 5.32 Å². The van der Waals surface area contributed by atoms with E-state index in [4.69, 9.17) is 4.74 Å². The molecule has 1 heterocycles. The molecule has 1 aliphatic rings. The lowest BCUT2D eigenvalue weighted by Crippen LogP contribution is -2.32. The van der Waals surface area contributed by atoms with Crippen LogP contribution in [0.25, 0.3) is 5.57 Å². The molecule has 0 saturated heterocycles. The van der Waals surface area contributed by atoms with E-state index in [9.17, 15) is 9.59 Å². The number of nitrogens with one attached hydrogen (secondary N) is 1. The van der Waals surface area contributed by atoms with Gasteiger partial charge >= 0.3 is 0 Å².